The van der Waals surface area contributed by atoms with Crippen molar-refractivity contribution >= 4 is 23.1 Å². The molecule has 0 atom stereocenters. The lowest BCUT2D eigenvalue weighted by molar-refractivity contribution is -0.0528. The highest BCUT2D eigenvalue weighted by atomic mass is 19.3. The second kappa shape index (κ2) is 9.38. The van der Waals surface area contributed by atoms with Crippen LogP contribution in [0.4, 0.5) is 26.4 Å². The quantitative estimate of drug-likeness (QED) is 0.377. The second-order valence-electron chi connectivity index (χ2n) is 8.37. The predicted molar refractivity (Wildman–Crippen MR) is 124 cm³/mol. The number of pyridine rings is 2. The van der Waals surface area contributed by atoms with Crippen LogP contribution in [0.5, 0.6) is 11.6 Å². The molecule has 4 rings (SSSR count). The van der Waals surface area contributed by atoms with Gasteiger partial charge < -0.3 is 20.5 Å². The average Bonchev–Trinajstić information content (AvgIpc) is 3.18. The molecule has 0 saturated carbocycles. The van der Waals surface area contributed by atoms with Crippen molar-refractivity contribution in [3.63, 3.8) is 0 Å². The Morgan fingerprint density at radius 1 is 1.20 bits per heavy atom. The summed E-state index contributed by atoms with van der Waals surface area (Å²) in [6.45, 7) is 2.32. The van der Waals surface area contributed by atoms with Crippen LogP contribution in [0.1, 0.15) is 19.5 Å². The largest absolute Gasteiger partial charge is 0.490 e. The Hall–Kier alpha value is -4.53. The molecule has 0 unspecified atom stereocenters. The lowest BCUT2D eigenvalue weighted by Crippen LogP contribution is -2.19. The Morgan fingerprint density at radius 3 is 2.71 bits per heavy atom. The average molecular weight is 480 g/mol. The van der Waals surface area contributed by atoms with Crippen molar-refractivity contribution in [1.82, 2.24) is 24.6 Å². The molecule has 0 saturated heterocycles. The number of anilines is 3. The molecule has 0 aliphatic carbocycles. The molecule has 4 heterocycles. The van der Waals surface area contributed by atoms with Crippen LogP contribution in [0.2, 0.25) is 0 Å². The SMILES string of the molecule is Cc1cc(Nc2cc3cc(-c4cc(OC(F)F)ncc4OCC(C)(C)C#N)ccn3n2)nc(N)n1. The van der Waals surface area contributed by atoms with Crippen molar-refractivity contribution in [2.75, 3.05) is 17.7 Å². The van der Waals surface area contributed by atoms with Crippen molar-refractivity contribution in [1.29, 1.82) is 5.26 Å². The highest BCUT2D eigenvalue weighted by Gasteiger charge is 2.20. The van der Waals surface area contributed by atoms with Gasteiger partial charge >= 0.3 is 6.61 Å². The number of halogens is 2. The van der Waals surface area contributed by atoms with E-state index in [1.54, 1.807) is 49.7 Å². The van der Waals surface area contributed by atoms with Gasteiger partial charge in [0, 0.05) is 35.7 Å². The van der Waals surface area contributed by atoms with Crippen LogP contribution >= 0.6 is 0 Å². The van der Waals surface area contributed by atoms with E-state index in [9.17, 15) is 14.0 Å². The highest BCUT2D eigenvalue weighted by molar-refractivity contribution is 5.75. The number of aromatic nitrogens is 5. The third-order valence-electron chi connectivity index (χ3n) is 4.85. The zero-order valence-electron chi connectivity index (χ0n) is 19.2. The van der Waals surface area contributed by atoms with Gasteiger partial charge in [-0.15, -0.1) is 0 Å². The molecule has 35 heavy (non-hydrogen) atoms. The Morgan fingerprint density at radius 2 is 2.00 bits per heavy atom. The maximum atomic E-state index is 12.8. The van der Waals surface area contributed by atoms with Crippen molar-refractivity contribution < 1.29 is 18.3 Å². The highest BCUT2D eigenvalue weighted by Crippen LogP contribution is 2.34. The third-order valence-corrected chi connectivity index (χ3v) is 4.85. The Labute approximate surface area is 199 Å². The van der Waals surface area contributed by atoms with Gasteiger partial charge in [-0.2, -0.15) is 24.1 Å². The molecule has 4 aromatic rings. The van der Waals surface area contributed by atoms with Crippen molar-refractivity contribution in [2.45, 2.75) is 27.4 Å². The summed E-state index contributed by atoms with van der Waals surface area (Å²) in [5.41, 5.74) is 7.49. The normalized spacial score (nSPS) is 11.5. The van der Waals surface area contributed by atoms with Gasteiger partial charge in [0.2, 0.25) is 11.8 Å². The second-order valence-corrected chi connectivity index (χ2v) is 8.37. The fraction of sp³-hybridized carbons (Fsp3) is 0.261. The van der Waals surface area contributed by atoms with Crippen LogP contribution < -0.4 is 20.5 Å². The summed E-state index contributed by atoms with van der Waals surface area (Å²) in [6.07, 6.45) is 3.02. The minimum Gasteiger partial charge on any atom is -0.490 e. The van der Waals surface area contributed by atoms with E-state index < -0.39 is 12.0 Å². The molecule has 0 aromatic carbocycles. The van der Waals surface area contributed by atoms with Gasteiger partial charge in [-0.05, 0) is 38.5 Å². The van der Waals surface area contributed by atoms with E-state index in [2.05, 4.69) is 36.2 Å². The number of hydrogen-bond acceptors (Lipinski definition) is 9. The molecular weight excluding hydrogens is 458 g/mol. The molecular formula is C23H22F2N8O2. The number of ether oxygens (including phenoxy) is 2. The van der Waals surface area contributed by atoms with E-state index in [1.807, 2.05) is 6.07 Å². The van der Waals surface area contributed by atoms with Gasteiger partial charge in [0.15, 0.2) is 5.82 Å². The number of nitriles is 1. The summed E-state index contributed by atoms with van der Waals surface area (Å²) in [7, 11) is 0. The van der Waals surface area contributed by atoms with E-state index in [-0.39, 0.29) is 18.4 Å². The van der Waals surface area contributed by atoms with Crippen LogP contribution in [0.3, 0.4) is 0 Å². The molecule has 0 spiro atoms. The maximum Gasteiger partial charge on any atom is 0.388 e. The summed E-state index contributed by atoms with van der Waals surface area (Å²) < 4.78 is 37.5. The number of hydrogen-bond donors (Lipinski definition) is 2. The number of fused-ring (bicyclic) bond motifs is 1. The molecule has 3 N–H and O–H groups in total. The summed E-state index contributed by atoms with van der Waals surface area (Å²) in [5, 5.41) is 16.8. The van der Waals surface area contributed by atoms with Gasteiger partial charge in [-0.25, -0.2) is 14.5 Å². The first-order chi connectivity index (χ1) is 16.6. The number of nitrogens with one attached hydrogen (secondary N) is 1. The molecule has 0 aliphatic rings. The number of alkyl halides is 2. The van der Waals surface area contributed by atoms with Crippen LogP contribution in [0.25, 0.3) is 16.6 Å². The Bertz CT molecular complexity index is 1390. The first-order valence-corrected chi connectivity index (χ1v) is 10.5. The van der Waals surface area contributed by atoms with E-state index in [0.717, 1.165) is 0 Å². The smallest absolute Gasteiger partial charge is 0.388 e. The third kappa shape index (κ3) is 5.70. The van der Waals surface area contributed by atoms with E-state index in [1.165, 1.54) is 12.3 Å². The zero-order valence-corrected chi connectivity index (χ0v) is 19.2. The van der Waals surface area contributed by atoms with Gasteiger partial charge in [0.1, 0.15) is 18.2 Å². The van der Waals surface area contributed by atoms with Crippen LogP contribution in [0.15, 0.2) is 42.7 Å². The van der Waals surface area contributed by atoms with Crippen LogP contribution in [-0.2, 0) is 0 Å². The Balaban J connectivity index is 1.69. The molecule has 4 aromatic heterocycles. The Kier molecular flexibility index (Phi) is 6.33. The van der Waals surface area contributed by atoms with Gasteiger partial charge in [-0.1, -0.05) is 0 Å². The molecule has 0 fully saturated rings. The minimum absolute atomic E-state index is 0.0811. The van der Waals surface area contributed by atoms with Crippen LogP contribution in [-0.4, -0.2) is 37.8 Å². The molecule has 0 aliphatic heterocycles. The number of rotatable bonds is 8. The van der Waals surface area contributed by atoms with Crippen molar-refractivity contribution in [2.24, 2.45) is 5.41 Å². The number of nitrogen functional groups attached to an aromatic ring is 1. The van der Waals surface area contributed by atoms with Gasteiger partial charge in [-0.3, -0.25) is 0 Å². The summed E-state index contributed by atoms with van der Waals surface area (Å²) >= 11 is 0. The van der Waals surface area contributed by atoms with Crippen molar-refractivity contribution in [3.8, 4) is 28.8 Å². The summed E-state index contributed by atoms with van der Waals surface area (Å²) in [6, 6.07) is 10.6. The summed E-state index contributed by atoms with van der Waals surface area (Å²) in [5.74, 6) is 1.23. The lowest BCUT2D eigenvalue weighted by Gasteiger charge is -2.18. The standard InChI is InChI=1S/C23H22F2N8O2/c1-13-6-18(31-22(27)29-13)30-19-8-15-7-14(4-5-33(15)32-19)16-9-20(35-21(24)25)28-10-17(16)34-12-23(2,3)11-26/h4-10,21H,12H2,1-3H3,(H3,27,29,30,31,32). The monoisotopic (exact) mass is 480 g/mol. The maximum absolute atomic E-state index is 12.8. The molecule has 12 heteroatoms. The molecule has 0 radical (unpaired) electrons. The first-order valence-electron chi connectivity index (χ1n) is 10.5. The topological polar surface area (TPSA) is 136 Å². The van der Waals surface area contributed by atoms with Crippen molar-refractivity contribution in [3.05, 3.63) is 48.4 Å². The van der Waals surface area contributed by atoms with E-state index in [0.29, 0.717) is 39.7 Å². The number of nitrogens with two attached hydrogens (primary N) is 1. The zero-order chi connectivity index (χ0) is 25.2. The molecule has 0 bridgehead atoms. The van der Waals surface area contributed by atoms with Gasteiger partial charge in [0.25, 0.3) is 0 Å². The first kappa shape index (κ1) is 23.6. The van der Waals surface area contributed by atoms with Gasteiger partial charge in [0.05, 0.1) is 23.2 Å². The minimum atomic E-state index is -3.02. The lowest BCUT2D eigenvalue weighted by atomic mass is 9.97. The number of nitrogens with zero attached hydrogens (tertiary/aromatic N) is 6. The molecule has 0 amide bonds. The fourth-order valence-electron chi connectivity index (χ4n) is 3.22. The van der Waals surface area contributed by atoms with E-state index >= 15 is 0 Å². The fourth-order valence-corrected chi connectivity index (χ4v) is 3.22. The molecule has 10 nitrogen and oxygen atoms in total. The predicted octanol–water partition coefficient (Wildman–Crippen LogP) is 4.35. The van der Waals surface area contributed by atoms with Crippen LogP contribution in [0, 0.1) is 23.7 Å². The molecule has 180 valence electrons. The number of aryl methyl sites for hydroxylation is 1. The van der Waals surface area contributed by atoms with E-state index in [4.69, 9.17) is 10.5 Å². The summed E-state index contributed by atoms with van der Waals surface area (Å²) in [4.78, 5) is 12.1.